The van der Waals surface area contributed by atoms with Crippen LogP contribution in [0.5, 0.6) is 0 Å². The molecule has 0 spiro atoms. The first-order chi connectivity index (χ1) is 24.8. The summed E-state index contributed by atoms with van der Waals surface area (Å²) in [6, 6.07) is 57.3. The SMILES string of the molecule is c1ccc(C2=NC(c3ccc(-c4ccccc4)cc3)NC(c3cccc4oc5cccc(-c6cccc7sc8ccccc8c67)c5c34)=N2)cc1. The molecular weight excluding hydrogens is 631 g/mol. The van der Waals surface area contributed by atoms with Crippen LogP contribution in [0.4, 0.5) is 0 Å². The highest BCUT2D eigenvalue weighted by atomic mass is 32.1. The summed E-state index contributed by atoms with van der Waals surface area (Å²) in [5.41, 5.74) is 9.38. The van der Waals surface area contributed by atoms with Crippen LogP contribution >= 0.6 is 11.3 Å². The normalized spacial score (nSPS) is 14.6. The zero-order chi connectivity index (χ0) is 33.0. The van der Waals surface area contributed by atoms with Crippen molar-refractivity contribution in [3.63, 3.8) is 0 Å². The van der Waals surface area contributed by atoms with Gasteiger partial charge in [0, 0.05) is 42.1 Å². The summed E-state index contributed by atoms with van der Waals surface area (Å²) in [5, 5.41) is 8.39. The molecule has 1 aliphatic rings. The number of hydrogen-bond acceptors (Lipinski definition) is 5. The van der Waals surface area contributed by atoms with E-state index >= 15 is 0 Å². The molecule has 1 aliphatic heterocycles. The minimum absolute atomic E-state index is 0.332. The van der Waals surface area contributed by atoms with Crippen LogP contribution in [0, 0.1) is 0 Å². The van der Waals surface area contributed by atoms with Crippen LogP contribution in [0.3, 0.4) is 0 Å². The zero-order valence-corrected chi connectivity index (χ0v) is 27.7. The second-order valence-electron chi connectivity index (χ2n) is 12.6. The van der Waals surface area contributed by atoms with Crippen LogP contribution in [-0.4, -0.2) is 11.7 Å². The smallest absolute Gasteiger partial charge is 0.159 e. The van der Waals surface area contributed by atoms with Gasteiger partial charge in [0.25, 0.3) is 0 Å². The number of furan rings is 1. The first kappa shape index (κ1) is 28.7. The van der Waals surface area contributed by atoms with Crippen molar-refractivity contribution in [2.45, 2.75) is 6.17 Å². The molecule has 10 rings (SSSR count). The van der Waals surface area contributed by atoms with Gasteiger partial charge in [0.2, 0.25) is 0 Å². The van der Waals surface area contributed by atoms with Crippen LogP contribution in [0.25, 0.3) is 64.4 Å². The number of aliphatic imine (C=N–C) groups is 2. The van der Waals surface area contributed by atoms with Crippen molar-refractivity contribution in [3.05, 3.63) is 180 Å². The number of hydrogen-bond donors (Lipinski definition) is 1. The molecule has 1 N–H and O–H groups in total. The number of nitrogens with zero attached hydrogens (tertiary/aromatic N) is 2. The predicted molar refractivity (Wildman–Crippen MR) is 209 cm³/mol. The lowest BCUT2D eigenvalue weighted by atomic mass is 9.94. The number of benzene rings is 7. The van der Waals surface area contributed by atoms with Crippen molar-refractivity contribution < 1.29 is 4.42 Å². The Balaban J connectivity index is 1.16. The highest BCUT2D eigenvalue weighted by Gasteiger charge is 2.25. The summed E-state index contributed by atoms with van der Waals surface area (Å²) >= 11 is 1.84. The van der Waals surface area contributed by atoms with Gasteiger partial charge < -0.3 is 9.73 Å². The second-order valence-corrected chi connectivity index (χ2v) is 13.6. The lowest BCUT2D eigenvalue weighted by Gasteiger charge is -2.24. The maximum Gasteiger partial charge on any atom is 0.159 e. The van der Waals surface area contributed by atoms with E-state index in [1.54, 1.807) is 0 Å². The van der Waals surface area contributed by atoms with Crippen molar-refractivity contribution in [2.24, 2.45) is 9.98 Å². The molecule has 236 valence electrons. The molecule has 0 radical (unpaired) electrons. The van der Waals surface area contributed by atoms with Gasteiger partial charge in [-0.25, -0.2) is 9.98 Å². The monoisotopic (exact) mass is 659 g/mol. The Morgan fingerprint density at radius 3 is 1.82 bits per heavy atom. The Kier molecular flexibility index (Phi) is 6.71. The minimum Gasteiger partial charge on any atom is -0.456 e. The highest BCUT2D eigenvalue weighted by Crippen LogP contribution is 2.44. The third kappa shape index (κ3) is 4.74. The molecule has 50 heavy (non-hydrogen) atoms. The molecule has 0 bridgehead atoms. The molecule has 4 nitrogen and oxygen atoms in total. The van der Waals surface area contributed by atoms with Crippen LogP contribution in [-0.2, 0) is 0 Å². The second kappa shape index (κ2) is 11.7. The van der Waals surface area contributed by atoms with Crippen LogP contribution in [0.2, 0.25) is 0 Å². The Hall–Kier alpha value is -6.30. The molecule has 0 saturated heterocycles. The fourth-order valence-electron chi connectivity index (χ4n) is 7.25. The standard InChI is InChI=1S/C45H29N3OS/c1-3-12-28(13-4-1)29-24-26-31(27-25-29)44-46-43(30-14-5-2-6-15-30)47-45(48-44)35-19-10-21-37-42(35)41-33(17-9-20-36(41)49-37)32-18-11-23-39-40(32)34-16-7-8-22-38(34)50-39/h1-27,44H,(H,46,47,48). The van der Waals surface area contributed by atoms with Gasteiger partial charge in [-0.2, -0.15) is 0 Å². The fourth-order valence-corrected chi connectivity index (χ4v) is 8.38. The number of rotatable bonds is 5. The number of amidine groups is 2. The Labute approximate surface area is 292 Å². The summed E-state index contributed by atoms with van der Waals surface area (Å²) in [4.78, 5) is 10.3. The lowest BCUT2D eigenvalue weighted by Crippen LogP contribution is -2.33. The zero-order valence-electron chi connectivity index (χ0n) is 26.9. The Morgan fingerprint density at radius 1 is 0.480 bits per heavy atom. The van der Waals surface area contributed by atoms with Crippen LogP contribution in [0.15, 0.2) is 178 Å². The predicted octanol–water partition coefficient (Wildman–Crippen LogP) is 11.8. The van der Waals surface area contributed by atoms with E-state index < -0.39 is 0 Å². The van der Waals surface area contributed by atoms with E-state index in [0.29, 0.717) is 5.84 Å². The van der Waals surface area contributed by atoms with Crippen molar-refractivity contribution in [2.75, 3.05) is 0 Å². The summed E-state index contributed by atoms with van der Waals surface area (Å²) in [6.45, 7) is 0. The third-order valence-corrected chi connectivity index (χ3v) is 10.7. The largest absolute Gasteiger partial charge is 0.456 e. The van der Waals surface area contributed by atoms with E-state index in [0.717, 1.165) is 50.0 Å². The van der Waals surface area contributed by atoms with Gasteiger partial charge in [-0.3, -0.25) is 0 Å². The average Bonchev–Trinajstić information content (AvgIpc) is 3.77. The van der Waals surface area contributed by atoms with E-state index in [4.69, 9.17) is 14.4 Å². The van der Waals surface area contributed by atoms with Gasteiger partial charge in [0.1, 0.15) is 23.2 Å². The fraction of sp³-hybridized carbons (Fsp3) is 0.0222. The van der Waals surface area contributed by atoms with E-state index in [9.17, 15) is 0 Å². The number of thiophene rings is 1. The van der Waals surface area contributed by atoms with Crippen molar-refractivity contribution >= 4 is 65.1 Å². The average molecular weight is 660 g/mol. The summed E-state index contributed by atoms with van der Waals surface area (Å²) in [7, 11) is 0. The van der Waals surface area contributed by atoms with Crippen LogP contribution in [0.1, 0.15) is 22.9 Å². The molecule has 0 fully saturated rings. The molecule has 0 saturated carbocycles. The van der Waals surface area contributed by atoms with Crippen molar-refractivity contribution in [3.8, 4) is 22.3 Å². The molecule has 9 aromatic rings. The van der Waals surface area contributed by atoms with Gasteiger partial charge in [0.05, 0.1) is 0 Å². The van der Waals surface area contributed by atoms with Crippen molar-refractivity contribution in [1.82, 2.24) is 5.32 Å². The maximum absolute atomic E-state index is 6.59. The molecule has 1 unspecified atom stereocenters. The molecule has 3 heterocycles. The molecule has 2 aromatic heterocycles. The maximum atomic E-state index is 6.59. The van der Waals surface area contributed by atoms with Gasteiger partial charge in [-0.1, -0.05) is 140 Å². The Bertz CT molecular complexity index is 2780. The van der Waals surface area contributed by atoms with Gasteiger partial charge in [0.15, 0.2) is 5.84 Å². The van der Waals surface area contributed by atoms with E-state index in [2.05, 4.69) is 145 Å². The molecule has 1 atom stereocenters. The van der Waals surface area contributed by atoms with Crippen molar-refractivity contribution in [1.29, 1.82) is 0 Å². The van der Waals surface area contributed by atoms with Gasteiger partial charge in [-0.15, -0.1) is 11.3 Å². The van der Waals surface area contributed by atoms with Gasteiger partial charge >= 0.3 is 0 Å². The summed E-state index contributed by atoms with van der Waals surface area (Å²) in [5.74, 6) is 1.45. The lowest BCUT2D eigenvalue weighted by molar-refractivity contribution is 0.668. The quantitative estimate of drug-likeness (QED) is 0.200. The summed E-state index contributed by atoms with van der Waals surface area (Å²) < 4.78 is 9.16. The Morgan fingerprint density at radius 2 is 1.06 bits per heavy atom. The molecular formula is C45H29N3OS. The van der Waals surface area contributed by atoms with E-state index in [-0.39, 0.29) is 6.17 Å². The molecule has 0 amide bonds. The van der Waals surface area contributed by atoms with Crippen LogP contribution < -0.4 is 5.32 Å². The van der Waals surface area contributed by atoms with Gasteiger partial charge in [-0.05, 0) is 52.1 Å². The highest BCUT2D eigenvalue weighted by molar-refractivity contribution is 7.25. The molecule has 7 aromatic carbocycles. The molecule has 5 heteroatoms. The minimum atomic E-state index is -0.332. The number of nitrogens with one attached hydrogen (secondary N) is 1. The summed E-state index contributed by atoms with van der Waals surface area (Å²) in [6.07, 6.45) is -0.332. The number of fused-ring (bicyclic) bond motifs is 6. The molecule has 0 aliphatic carbocycles. The van der Waals surface area contributed by atoms with E-state index in [1.807, 2.05) is 35.6 Å². The topological polar surface area (TPSA) is 49.9 Å². The first-order valence-corrected chi connectivity index (χ1v) is 17.6. The van der Waals surface area contributed by atoms with E-state index in [1.165, 1.54) is 36.9 Å². The third-order valence-electron chi connectivity index (χ3n) is 9.58. The first-order valence-electron chi connectivity index (χ1n) is 16.8.